The van der Waals surface area contributed by atoms with E-state index in [0.29, 0.717) is 43.6 Å². The van der Waals surface area contributed by atoms with E-state index in [1.807, 2.05) is 4.90 Å². The molecule has 1 amide bonds. The normalized spacial score (nSPS) is 14.8. The lowest BCUT2D eigenvalue weighted by Crippen LogP contribution is -2.49. The molecule has 114 valence electrons. The summed E-state index contributed by atoms with van der Waals surface area (Å²) in [5.41, 5.74) is 0.668. The van der Waals surface area contributed by atoms with Gasteiger partial charge in [0.1, 0.15) is 0 Å². The number of amides is 1. The Kier molecular flexibility index (Phi) is 4.13. The van der Waals surface area contributed by atoms with Gasteiger partial charge >= 0.3 is 0 Å². The highest BCUT2D eigenvalue weighted by Crippen LogP contribution is 2.15. The summed E-state index contributed by atoms with van der Waals surface area (Å²) in [7, 11) is 1.58. The molecule has 1 saturated heterocycles. The van der Waals surface area contributed by atoms with Gasteiger partial charge in [-0.2, -0.15) is 4.98 Å². The average Bonchev–Trinajstić information content (AvgIpc) is 2.62. The molecule has 0 spiro atoms. The van der Waals surface area contributed by atoms with Crippen LogP contribution in [0.15, 0.2) is 36.8 Å². The van der Waals surface area contributed by atoms with Crippen molar-refractivity contribution in [2.24, 2.45) is 0 Å². The van der Waals surface area contributed by atoms with Crippen LogP contribution in [0.1, 0.15) is 10.4 Å². The molecule has 0 bridgehead atoms. The zero-order valence-corrected chi connectivity index (χ0v) is 12.3. The van der Waals surface area contributed by atoms with Gasteiger partial charge in [0.05, 0.1) is 7.11 Å². The van der Waals surface area contributed by atoms with Crippen LogP contribution in [-0.2, 0) is 0 Å². The van der Waals surface area contributed by atoms with Crippen molar-refractivity contribution in [3.05, 3.63) is 42.4 Å². The first-order valence-electron chi connectivity index (χ1n) is 7.09. The van der Waals surface area contributed by atoms with Crippen LogP contribution in [-0.4, -0.2) is 59.0 Å². The van der Waals surface area contributed by atoms with Gasteiger partial charge in [-0.05, 0) is 12.1 Å². The van der Waals surface area contributed by atoms with Crippen LogP contribution < -0.4 is 9.64 Å². The van der Waals surface area contributed by atoms with E-state index in [4.69, 9.17) is 4.74 Å². The minimum absolute atomic E-state index is 0.0358. The van der Waals surface area contributed by atoms with Gasteiger partial charge in [-0.3, -0.25) is 9.78 Å². The molecule has 0 atom stereocenters. The number of anilines is 1. The third-order valence-corrected chi connectivity index (χ3v) is 3.60. The molecule has 1 aliphatic rings. The Morgan fingerprint density at radius 1 is 1.09 bits per heavy atom. The molecule has 0 aromatic carbocycles. The Morgan fingerprint density at radius 3 is 2.50 bits per heavy atom. The van der Waals surface area contributed by atoms with Gasteiger partial charge in [-0.15, -0.1) is 0 Å². The number of hydrogen-bond donors (Lipinski definition) is 0. The maximum atomic E-state index is 12.4. The number of hydrogen-bond acceptors (Lipinski definition) is 6. The molecule has 0 radical (unpaired) electrons. The predicted molar refractivity (Wildman–Crippen MR) is 80.9 cm³/mol. The summed E-state index contributed by atoms with van der Waals surface area (Å²) in [5, 5.41) is 0. The second-order valence-corrected chi connectivity index (χ2v) is 4.91. The molecule has 2 aromatic heterocycles. The fraction of sp³-hybridized carbons (Fsp3) is 0.333. The number of aromatic nitrogens is 3. The highest BCUT2D eigenvalue weighted by atomic mass is 16.5. The quantitative estimate of drug-likeness (QED) is 0.836. The van der Waals surface area contributed by atoms with Gasteiger partial charge in [-0.25, -0.2) is 4.98 Å². The number of nitrogens with zero attached hydrogens (tertiary/aromatic N) is 5. The topological polar surface area (TPSA) is 71.5 Å². The molecule has 7 nitrogen and oxygen atoms in total. The third kappa shape index (κ3) is 2.98. The molecule has 3 heterocycles. The van der Waals surface area contributed by atoms with E-state index < -0.39 is 0 Å². The fourth-order valence-corrected chi connectivity index (χ4v) is 2.39. The fourth-order valence-electron chi connectivity index (χ4n) is 2.39. The first kappa shape index (κ1) is 14.2. The lowest BCUT2D eigenvalue weighted by atomic mass is 10.2. The van der Waals surface area contributed by atoms with E-state index >= 15 is 0 Å². The monoisotopic (exact) mass is 299 g/mol. The first-order valence-corrected chi connectivity index (χ1v) is 7.09. The lowest BCUT2D eigenvalue weighted by molar-refractivity contribution is 0.0746. The Bertz CT molecular complexity index is 641. The summed E-state index contributed by atoms with van der Waals surface area (Å²) in [4.78, 5) is 28.8. The molecule has 2 aromatic rings. The van der Waals surface area contributed by atoms with Gasteiger partial charge in [-0.1, -0.05) is 0 Å². The number of pyridine rings is 1. The van der Waals surface area contributed by atoms with Crippen LogP contribution in [0.3, 0.4) is 0 Å². The molecule has 3 rings (SSSR count). The SMILES string of the molecule is COc1ccnc(N2CCN(C(=O)c3ccncc3)CC2)n1. The van der Waals surface area contributed by atoms with Crippen molar-refractivity contribution in [2.45, 2.75) is 0 Å². The Balaban J connectivity index is 1.64. The first-order chi connectivity index (χ1) is 10.8. The second-order valence-electron chi connectivity index (χ2n) is 4.91. The van der Waals surface area contributed by atoms with E-state index in [9.17, 15) is 4.79 Å². The molecular formula is C15H17N5O2. The van der Waals surface area contributed by atoms with Gasteiger partial charge in [0.15, 0.2) is 0 Å². The largest absolute Gasteiger partial charge is 0.481 e. The summed E-state index contributed by atoms with van der Waals surface area (Å²) in [5.74, 6) is 1.21. The molecule has 0 unspecified atom stereocenters. The molecule has 1 fully saturated rings. The van der Waals surface area contributed by atoms with Crippen LogP contribution in [0.25, 0.3) is 0 Å². The standard InChI is InChI=1S/C15H17N5O2/c1-22-13-4-7-17-15(18-13)20-10-8-19(9-11-20)14(21)12-2-5-16-6-3-12/h2-7H,8-11H2,1H3. The maximum absolute atomic E-state index is 12.4. The van der Waals surface area contributed by atoms with Crippen LogP contribution in [0, 0.1) is 0 Å². The van der Waals surface area contributed by atoms with Crippen molar-refractivity contribution in [1.82, 2.24) is 19.9 Å². The van der Waals surface area contributed by atoms with Crippen LogP contribution in [0.4, 0.5) is 5.95 Å². The van der Waals surface area contributed by atoms with Gasteiger partial charge in [0.25, 0.3) is 5.91 Å². The number of piperazine rings is 1. The minimum atomic E-state index is 0.0358. The molecule has 0 saturated carbocycles. The van der Waals surface area contributed by atoms with E-state index in [1.54, 1.807) is 43.9 Å². The highest BCUT2D eigenvalue weighted by molar-refractivity contribution is 5.94. The summed E-state index contributed by atoms with van der Waals surface area (Å²) in [6.45, 7) is 2.68. The van der Waals surface area contributed by atoms with Gasteiger partial charge < -0.3 is 14.5 Å². The summed E-state index contributed by atoms with van der Waals surface area (Å²) in [6.07, 6.45) is 4.94. The number of methoxy groups -OCH3 is 1. The maximum Gasteiger partial charge on any atom is 0.254 e. The third-order valence-electron chi connectivity index (χ3n) is 3.60. The highest BCUT2D eigenvalue weighted by Gasteiger charge is 2.23. The molecule has 1 aliphatic heterocycles. The Hall–Kier alpha value is -2.70. The van der Waals surface area contributed by atoms with Crippen molar-refractivity contribution >= 4 is 11.9 Å². The number of rotatable bonds is 3. The molecule has 0 aliphatic carbocycles. The number of ether oxygens (including phenoxy) is 1. The number of carbonyl (C=O) groups is 1. The predicted octanol–water partition coefficient (Wildman–Crippen LogP) is 0.843. The molecular weight excluding hydrogens is 282 g/mol. The molecule has 7 heteroatoms. The van der Waals surface area contributed by atoms with Gasteiger partial charge in [0, 0.05) is 56.4 Å². The molecule has 0 N–H and O–H groups in total. The minimum Gasteiger partial charge on any atom is -0.481 e. The van der Waals surface area contributed by atoms with Crippen LogP contribution in [0.5, 0.6) is 5.88 Å². The van der Waals surface area contributed by atoms with E-state index in [2.05, 4.69) is 19.9 Å². The van der Waals surface area contributed by atoms with E-state index in [0.717, 1.165) is 0 Å². The van der Waals surface area contributed by atoms with E-state index in [-0.39, 0.29) is 5.91 Å². The average molecular weight is 299 g/mol. The van der Waals surface area contributed by atoms with Crippen molar-refractivity contribution in [1.29, 1.82) is 0 Å². The molecule has 22 heavy (non-hydrogen) atoms. The van der Waals surface area contributed by atoms with Crippen LogP contribution in [0.2, 0.25) is 0 Å². The van der Waals surface area contributed by atoms with Crippen molar-refractivity contribution in [3.63, 3.8) is 0 Å². The summed E-state index contributed by atoms with van der Waals surface area (Å²) < 4.78 is 5.11. The van der Waals surface area contributed by atoms with Crippen molar-refractivity contribution in [2.75, 3.05) is 38.2 Å². The number of carbonyl (C=O) groups excluding carboxylic acids is 1. The van der Waals surface area contributed by atoms with E-state index in [1.165, 1.54) is 0 Å². The summed E-state index contributed by atoms with van der Waals surface area (Å²) >= 11 is 0. The zero-order valence-electron chi connectivity index (χ0n) is 12.3. The Morgan fingerprint density at radius 2 is 1.82 bits per heavy atom. The Labute approximate surface area is 128 Å². The van der Waals surface area contributed by atoms with Gasteiger partial charge in [0.2, 0.25) is 11.8 Å². The van der Waals surface area contributed by atoms with Crippen LogP contribution >= 0.6 is 0 Å². The van der Waals surface area contributed by atoms with Crippen molar-refractivity contribution in [3.8, 4) is 5.88 Å². The second kappa shape index (κ2) is 6.38. The smallest absolute Gasteiger partial charge is 0.254 e. The van der Waals surface area contributed by atoms with Crippen molar-refractivity contribution < 1.29 is 9.53 Å². The lowest BCUT2D eigenvalue weighted by Gasteiger charge is -2.34. The zero-order chi connectivity index (χ0) is 15.4. The summed E-state index contributed by atoms with van der Waals surface area (Å²) in [6, 6.07) is 5.19.